The topological polar surface area (TPSA) is 62.7 Å². The number of benzene rings is 1. The molecule has 26 heavy (non-hydrogen) atoms. The maximum atomic E-state index is 13.4. The Morgan fingerprint density at radius 1 is 0.962 bits per heavy atom. The predicted molar refractivity (Wildman–Crippen MR) is 103 cm³/mol. The molecule has 0 saturated carbocycles. The van der Waals surface area contributed by atoms with Crippen molar-refractivity contribution < 1.29 is 4.39 Å². The number of halogens is 1. The van der Waals surface area contributed by atoms with Crippen LogP contribution in [0.3, 0.4) is 0 Å². The molecule has 2 aromatic heterocycles. The number of aryl methyl sites for hydroxylation is 1. The molecule has 0 saturated heterocycles. The van der Waals surface area contributed by atoms with Crippen molar-refractivity contribution in [3.8, 4) is 11.3 Å². The first-order valence-corrected chi connectivity index (χ1v) is 8.41. The van der Waals surface area contributed by atoms with Crippen LogP contribution in [-0.2, 0) is 0 Å². The lowest BCUT2D eigenvalue weighted by Gasteiger charge is -2.21. The van der Waals surface area contributed by atoms with Gasteiger partial charge in [-0.05, 0) is 63.6 Å². The van der Waals surface area contributed by atoms with Crippen LogP contribution in [0.2, 0.25) is 0 Å². The molecule has 0 radical (unpaired) electrons. The highest BCUT2D eigenvalue weighted by atomic mass is 19.1. The third kappa shape index (κ3) is 4.53. The monoisotopic (exact) mass is 351 g/mol. The minimum Gasteiger partial charge on any atom is -0.350 e. The number of rotatable bonds is 4. The van der Waals surface area contributed by atoms with Crippen LogP contribution >= 0.6 is 0 Å². The number of hydrogen-bond acceptors (Lipinski definition) is 5. The Kier molecular flexibility index (Phi) is 4.84. The first kappa shape index (κ1) is 17.8. The van der Waals surface area contributed by atoms with Crippen molar-refractivity contribution >= 4 is 17.5 Å². The second kappa shape index (κ2) is 7.07. The van der Waals surface area contributed by atoms with E-state index in [0.717, 1.165) is 22.5 Å². The second-order valence-electron chi connectivity index (χ2n) is 7.16. The van der Waals surface area contributed by atoms with Gasteiger partial charge in [-0.25, -0.2) is 9.37 Å². The van der Waals surface area contributed by atoms with E-state index in [2.05, 4.69) is 25.6 Å². The fourth-order valence-electron chi connectivity index (χ4n) is 2.48. The standard InChI is InChI=1S/C20H22FN5/c1-13-11-15(21)5-6-16(13)23-18-12-17(14-7-9-22-10-8-14)24-19(25-18)26-20(2,3)4/h5-12H,1-4H3,(H2,23,24,25,26). The molecule has 2 heterocycles. The summed E-state index contributed by atoms with van der Waals surface area (Å²) in [5, 5.41) is 6.57. The predicted octanol–water partition coefficient (Wildman–Crippen LogP) is 4.94. The lowest BCUT2D eigenvalue weighted by Crippen LogP contribution is -2.27. The average Bonchev–Trinajstić information content (AvgIpc) is 2.56. The molecule has 0 aliphatic heterocycles. The van der Waals surface area contributed by atoms with E-state index in [1.807, 2.05) is 45.9 Å². The second-order valence-corrected chi connectivity index (χ2v) is 7.16. The summed E-state index contributed by atoms with van der Waals surface area (Å²) in [7, 11) is 0. The number of aromatic nitrogens is 3. The molecule has 0 atom stereocenters. The Balaban J connectivity index is 2.01. The fourth-order valence-corrected chi connectivity index (χ4v) is 2.48. The van der Waals surface area contributed by atoms with Crippen molar-refractivity contribution in [2.45, 2.75) is 33.2 Å². The molecular formula is C20H22FN5. The largest absolute Gasteiger partial charge is 0.350 e. The third-order valence-electron chi connectivity index (χ3n) is 3.64. The number of hydrogen-bond donors (Lipinski definition) is 2. The Bertz CT molecular complexity index is 904. The van der Waals surface area contributed by atoms with Crippen LogP contribution in [-0.4, -0.2) is 20.5 Å². The SMILES string of the molecule is Cc1cc(F)ccc1Nc1cc(-c2ccncc2)nc(NC(C)(C)C)n1. The van der Waals surface area contributed by atoms with E-state index < -0.39 is 0 Å². The molecule has 5 nitrogen and oxygen atoms in total. The summed E-state index contributed by atoms with van der Waals surface area (Å²) in [6, 6.07) is 10.3. The molecule has 1 aromatic carbocycles. The summed E-state index contributed by atoms with van der Waals surface area (Å²) in [4.78, 5) is 13.2. The van der Waals surface area contributed by atoms with Gasteiger partial charge in [-0.1, -0.05) is 0 Å². The van der Waals surface area contributed by atoms with E-state index in [1.54, 1.807) is 18.5 Å². The summed E-state index contributed by atoms with van der Waals surface area (Å²) < 4.78 is 13.4. The van der Waals surface area contributed by atoms with Gasteiger partial charge >= 0.3 is 0 Å². The highest BCUT2D eigenvalue weighted by Crippen LogP contribution is 2.26. The van der Waals surface area contributed by atoms with Crippen LogP contribution in [0, 0.1) is 12.7 Å². The normalized spacial score (nSPS) is 11.3. The molecule has 3 rings (SSSR count). The number of nitrogens with one attached hydrogen (secondary N) is 2. The molecule has 0 spiro atoms. The zero-order valence-corrected chi connectivity index (χ0v) is 15.3. The van der Waals surface area contributed by atoms with Gasteiger partial charge in [0.05, 0.1) is 5.69 Å². The van der Waals surface area contributed by atoms with Gasteiger partial charge < -0.3 is 10.6 Å². The van der Waals surface area contributed by atoms with Gasteiger partial charge in [0.25, 0.3) is 0 Å². The molecule has 0 amide bonds. The zero-order valence-electron chi connectivity index (χ0n) is 15.3. The summed E-state index contributed by atoms with van der Waals surface area (Å²) >= 11 is 0. The van der Waals surface area contributed by atoms with E-state index in [9.17, 15) is 4.39 Å². The van der Waals surface area contributed by atoms with Crippen molar-refractivity contribution in [1.82, 2.24) is 15.0 Å². The molecule has 3 aromatic rings. The molecule has 6 heteroatoms. The smallest absolute Gasteiger partial charge is 0.225 e. The van der Waals surface area contributed by atoms with Crippen molar-refractivity contribution in [2.24, 2.45) is 0 Å². The van der Waals surface area contributed by atoms with Crippen LogP contribution in [0.4, 0.5) is 21.8 Å². The van der Waals surface area contributed by atoms with Crippen molar-refractivity contribution in [1.29, 1.82) is 0 Å². The van der Waals surface area contributed by atoms with Crippen molar-refractivity contribution in [3.05, 3.63) is 60.2 Å². The molecule has 0 aliphatic rings. The molecular weight excluding hydrogens is 329 g/mol. The van der Waals surface area contributed by atoms with E-state index >= 15 is 0 Å². The number of anilines is 3. The van der Waals surface area contributed by atoms with Gasteiger partial charge in [0, 0.05) is 35.2 Å². The van der Waals surface area contributed by atoms with Crippen molar-refractivity contribution in [3.63, 3.8) is 0 Å². The fraction of sp³-hybridized carbons (Fsp3) is 0.250. The zero-order chi connectivity index (χ0) is 18.7. The van der Waals surface area contributed by atoms with E-state index in [1.165, 1.54) is 12.1 Å². The highest BCUT2D eigenvalue weighted by Gasteiger charge is 2.14. The Morgan fingerprint density at radius 3 is 2.35 bits per heavy atom. The van der Waals surface area contributed by atoms with Gasteiger partial charge in [-0.3, -0.25) is 4.98 Å². The Morgan fingerprint density at radius 2 is 1.69 bits per heavy atom. The maximum absolute atomic E-state index is 13.4. The average molecular weight is 351 g/mol. The molecule has 2 N–H and O–H groups in total. The van der Waals surface area contributed by atoms with E-state index in [4.69, 9.17) is 0 Å². The van der Waals surface area contributed by atoms with Crippen LogP contribution < -0.4 is 10.6 Å². The van der Waals surface area contributed by atoms with Gasteiger partial charge in [0.2, 0.25) is 5.95 Å². The summed E-state index contributed by atoms with van der Waals surface area (Å²) in [5.74, 6) is 0.894. The van der Waals surface area contributed by atoms with E-state index in [-0.39, 0.29) is 11.4 Å². The number of nitrogens with zero attached hydrogens (tertiary/aromatic N) is 3. The quantitative estimate of drug-likeness (QED) is 0.697. The van der Waals surface area contributed by atoms with Crippen LogP contribution in [0.5, 0.6) is 0 Å². The summed E-state index contributed by atoms with van der Waals surface area (Å²) in [5.41, 5.74) is 3.14. The summed E-state index contributed by atoms with van der Waals surface area (Å²) in [6.45, 7) is 8.00. The van der Waals surface area contributed by atoms with Crippen molar-refractivity contribution in [2.75, 3.05) is 10.6 Å². The molecule has 0 bridgehead atoms. The lowest BCUT2D eigenvalue weighted by atomic mass is 10.1. The minimum atomic E-state index is -0.261. The Labute approximate surface area is 152 Å². The first-order valence-electron chi connectivity index (χ1n) is 8.41. The highest BCUT2D eigenvalue weighted by molar-refractivity contribution is 5.68. The van der Waals surface area contributed by atoms with Gasteiger partial charge in [0.1, 0.15) is 11.6 Å². The number of pyridine rings is 1. The minimum absolute atomic E-state index is 0.181. The summed E-state index contributed by atoms with van der Waals surface area (Å²) in [6.07, 6.45) is 3.46. The van der Waals surface area contributed by atoms with Gasteiger partial charge in [0.15, 0.2) is 0 Å². The molecule has 0 fully saturated rings. The van der Waals surface area contributed by atoms with Gasteiger partial charge in [-0.2, -0.15) is 4.98 Å². The first-order chi connectivity index (χ1) is 12.3. The lowest BCUT2D eigenvalue weighted by molar-refractivity contribution is 0.625. The third-order valence-corrected chi connectivity index (χ3v) is 3.64. The van der Waals surface area contributed by atoms with E-state index in [0.29, 0.717) is 11.8 Å². The van der Waals surface area contributed by atoms with Crippen LogP contribution in [0.15, 0.2) is 48.8 Å². The van der Waals surface area contributed by atoms with Crippen LogP contribution in [0.25, 0.3) is 11.3 Å². The maximum Gasteiger partial charge on any atom is 0.225 e. The Hall–Kier alpha value is -3.02. The molecule has 134 valence electrons. The van der Waals surface area contributed by atoms with Gasteiger partial charge in [-0.15, -0.1) is 0 Å². The molecule has 0 unspecified atom stereocenters. The van der Waals surface area contributed by atoms with Crippen LogP contribution in [0.1, 0.15) is 26.3 Å². The molecule has 0 aliphatic carbocycles.